The molecule has 24 heavy (non-hydrogen) atoms. The molecule has 0 aliphatic carbocycles. The number of aromatic nitrogens is 1. The lowest BCUT2D eigenvalue weighted by atomic mass is 9.87. The predicted molar refractivity (Wildman–Crippen MR) is 90.4 cm³/mol. The van der Waals surface area contributed by atoms with Crippen LogP contribution in [0.1, 0.15) is 31.1 Å². The molecule has 0 aliphatic heterocycles. The molecular formula is C15H17F2IN2O4. The summed E-state index contributed by atoms with van der Waals surface area (Å²) in [6.45, 7) is 5.13. The number of aliphatic carboxylic acids is 1. The summed E-state index contributed by atoms with van der Waals surface area (Å²) in [5.74, 6) is -5.21. The third-order valence-corrected chi connectivity index (χ3v) is 4.02. The van der Waals surface area contributed by atoms with Crippen LogP contribution in [0, 0.1) is 20.9 Å². The summed E-state index contributed by atoms with van der Waals surface area (Å²) < 4.78 is 26.8. The van der Waals surface area contributed by atoms with E-state index in [0.717, 1.165) is 12.3 Å². The van der Waals surface area contributed by atoms with Gasteiger partial charge in [0.1, 0.15) is 5.57 Å². The summed E-state index contributed by atoms with van der Waals surface area (Å²) in [7, 11) is 0. The minimum absolute atomic E-state index is 0.113. The first kappa shape index (κ1) is 20.4. The van der Waals surface area contributed by atoms with Crippen LogP contribution in [-0.4, -0.2) is 39.6 Å². The zero-order chi connectivity index (χ0) is 18.7. The number of rotatable bonds is 6. The van der Waals surface area contributed by atoms with E-state index in [-0.39, 0.29) is 10.2 Å². The number of hydrogen-bond acceptors (Lipinski definition) is 5. The molecule has 1 aromatic rings. The Labute approximate surface area is 151 Å². The first-order valence-corrected chi connectivity index (χ1v) is 7.93. The number of carbonyl (C=O) groups excluding carboxylic acids is 1. The number of carboxylic acids is 1. The number of ketones is 1. The SMILES string of the molecule is CC(C)(C)C(CO)N/C=C(\C(=O)O)C(=O)c1cc(I)c(F)nc1F. The molecule has 9 heteroatoms. The van der Waals surface area contributed by atoms with Crippen LogP contribution < -0.4 is 5.32 Å². The van der Waals surface area contributed by atoms with Crippen LogP contribution in [0.4, 0.5) is 8.78 Å². The van der Waals surface area contributed by atoms with Gasteiger partial charge in [0, 0.05) is 6.20 Å². The van der Waals surface area contributed by atoms with Crippen molar-refractivity contribution in [2.45, 2.75) is 26.8 Å². The van der Waals surface area contributed by atoms with E-state index in [1.54, 1.807) is 0 Å². The summed E-state index contributed by atoms with van der Waals surface area (Å²) in [6, 6.07) is 0.362. The second-order valence-electron chi connectivity index (χ2n) is 6.06. The molecule has 0 bridgehead atoms. The third kappa shape index (κ3) is 4.94. The second kappa shape index (κ2) is 7.97. The molecule has 0 radical (unpaired) electrons. The summed E-state index contributed by atoms with van der Waals surface area (Å²) >= 11 is 1.52. The molecule has 1 aromatic heterocycles. The van der Waals surface area contributed by atoms with Crippen LogP contribution in [-0.2, 0) is 4.79 Å². The van der Waals surface area contributed by atoms with Crippen molar-refractivity contribution in [2.24, 2.45) is 5.41 Å². The van der Waals surface area contributed by atoms with Gasteiger partial charge in [0.05, 0.1) is 21.8 Å². The largest absolute Gasteiger partial charge is 0.477 e. The molecule has 0 aromatic carbocycles. The van der Waals surface area contributed by atoms with Crippen LogP contribution in [0.2, 0.25) is 0 Å². The van der Waals surface area contributed by atoms with Gasteiger partial charge in [-0.3, -0.25) is 4.79 Å². The van der Waals surface area contributed by atoms with Gasteiger partial charge in [-0.05, 0) is 34.1 Å². The molecule has 0 saturated heterocycles. The van der Waals surface area contributed by atoms with Gasteiger partial charge < -0.3 is 15.5 Å². The van der Waals surface area contributed by atoms with Crippen molar-refractivity contribution in [3.63, 3.8) is 0 Å². The molecule has 1 unspecified atom stereocenters. The van der Waals surface area contributed by atoms with E-state index in [9.17, 15) is 28.6 Å². The van der Waals surface area contributed by atoms with Crippen molar-refractivity contribution < 1.29 is 28.6 Å². The van der Waals surface area contributed by atoms with Gasteiger partial charge in [0.25, 0.3) is 0 Å². The topological polar surface area (TPSA) is 99.5 Å². The highest BCUT2D eigenvalue weighted by molar-refractivity contribution is 14.1. The average Bonchev–Trinajstić information content (AvgIpc) is 2.45. The molecule has 1 atom stereocenters. The number of nitrogens with zero attached hydrogens (tertiary/aromatic N) is 1. The van der Waals surface area contributed by atoms with Crippen molar-refractivity contribution in [2.75, 3.05) is 6.61 Å². The van der Waals surface area contributed by atoms with Gasteiger partial charge in [-0.1, -0.05) is 20.8 Å². The van der Waals surface area contributed by atoms with Gasteiger partial charge in [-0.2, -0.15) is 13.8 Å². The number of hydrogen-bond donors (Lipinski definition) is 3. The van der Waals surface area contributed by atoms with Crippen molar-refractivity contribution in [3.8, 4) is 0 Å². The summed E-state index contributed by atoms with van der Waals surface area (Å²) in [5, 5.41) is 21.2. The molecule has 0 spiro atoms. The van der Waals surface area contributed by atoms with Gasteiger partial charge >= 0.3 is 5.97 Å². The molecule has 6 nitrogen and oxygen atoms in total. The summed E-state index contributed by atoms with van der Waals surface area (Å²) in [6.07, 6.45) is 0.909. The number of aliphatic hydroxyl groups excluding tert-OH is 1. The van der Waals surface area contributed by atoms with Crippen molar-refractivity contribution >= 4 is 34.3 Å². The zero-order valence-electron chi connectivity index (χ0n) is 13.2. The Morgan fingerprint density at radius 3 is 2.42 bits per heavy atom. The minimum Gasteiger partial charge on any atom is -0.477 e. The predicted octanol–water partition coefficient (Wildman–Crippen LogP) is 2.11. The molecular weight excluding hydrogens is 437 g/mol. The number of Topliss-reactive ketones (excluding diaryl/α,β-unsaturated/α-hetero) is 1. The fourth-order valence-corrected chi connectivity index (χ4v) is 2.17. The van der Waals surface area contributed by atoms with Crippen LogP contribution in [0.25, 0.3) is 0 Å². The van der Waals surface area contributed by atoms with Crippen LogP contribution in [0.3, 0.4) is 0 Å². The van der Waals surface area contributed by atoms with E-state index in [1.165, 1.54) is 22.6 Å². The highest BCUT2D eigenvalue weighted by Crippen LogP contribution is 2.20. The standard InChI is InChI=1S/C15H17F2IN2O4/c1-15(2,3)10(6-21)19-5-8(14(23)24)11(22)7-4-9(18)13(17)20-12(7)16/h4-5,10,19,21H,6H2,1-3H3,(H,23,24)/b8-5-. The zero-order valence-corrected chi connectivity index (χ0v) is 15.4. The molecule has 0 fully saturated rings. The Bertz CT molecular complexity index is 687. The highest BCUT2D eigenvalue weighted by atomic mass is 127. The molecule has 1 heterocycles. The number of carboxylic acid groups (broad SMARTS) is 1. The van der Waals surface area contributed by atoms with Gasteiger partial charge in [-0.15, -0.1) is 0 Å². The van der Waals surface area contributed by atoms with Crippen LogP contribution >= 0.6 is 22.6 Å². The van der Waals surface area contributed by atoms with Gasteiger partial charge in [-0.25, -0.2) is 4.79 Å². The van der Waals surface area contributed by atoms with E-state index >= 15 is 0 Å². The number of halogens is 3. The van der Waals surface area contributed by atoms with Crippen LogP contribution in [0.15, 0.2) is 17.8 Å². The van der Waals surface area contributed by atoms with E-state index in [1.807, 2.05) is 20.8 Å². The van der Waals surface area contributed by atoms with Gasteiger partial charge in [0.15, 0.2) is 0 Å². The Kier molecular flexibility index (Phi) is 6.78. The Morgan fingerprint density at radius 2 is 1.96 bits per heavy atom. The lowest BCUT2D eigenvalue weighted by molar-refractivity contribution is -0.132. The minimum atomic E-state index is -1.59. The second-order valence-corrected chi connectivity index (χ2v) is 7.22. The average molecular weight is 454 g/mol. The first-order chi connectivity index (χ1) is 11.0. The van der Waals surface area contributed by atoms with Crippen molar-refractivity contribution in [1.29, 1.82) is 0 Å². The molecule has 3 N–H and O–H groups in total. The quantitative estimate of drug-likeness (QED) is 0.152. The maximum Gasteiger partial charge on any atom is 0.341 e. The molecule has 1 rings (SSSR count). The lowest BCUT2D eigenvalue weighted by Crippen LogP contribution is -2.41. The Morgan fingerprint density at radius 1 is 1.38 bits per heavy atom. The fraction of sp³-hybridized carbons (Fsp3) is 0.400. The van der Waals surface area contributed by atoms with Crippen LogP contribution in [0.5, 0.6) is 0 Å². The number of pyridine rings is 1. The smallest absolute Gasteiger partial charge is 0.341 e. The molecule has 0 saturated carbocycles. The molecule has 132 valence electrons. The van der Waals surface area contributed by atoms with E-state index in [4.69, 9.17) is 0 Å². The summed E-state index contributed by atoms with van der Waals surface area (Å²) in [5.41, 5.74) is -1.82. The first-order valence-electron chi connectivity index (χ1n) is 6.85. The third-order valence-electron chi connectivity index (χ3n) is 3.26. The monoisotopic (exact) mass is 454 g/mol. The number of aliphatic hydroxyl groups is 1. The fourth-order valence-electron chi connectivity index (χ4n) is 1.73. The lowest BCUT2D eigenvalue weighted by Gasteiger charge is -2.29. The van der Waals surface area contributed by atoms with E-state index in [2.05, 4.69) is 10.3 Å². The summed E-state index contributed by atoms with van der Waals surface area (Å²) in [4.78, 5) is 26.5. The van der Waals surface area contributed by atoms with Gasteiger partial charge in [0.2, 0.25) is 17.7 Å². The molecule has 0 amide bonds. The van der Waals surface area contributed by atoms with E-state index < -0.39 is 46.2 Å². The molecule has 0 aliphatic rings. The highest BCUT2D eigenvalue weighted by Gasteiger charge is 2.27. The number of nitrogens with one attached hydrogen (secondary N) is 1. The Balaban J connectivity index is 3.21. The maximum absolute atomic E-state index is 13.7. The van der Waals surface area contributed by atoms with Crippen molar-refractivity contribution in [3.05, 3.63) is 38.9 Å². The number of carbonyl (C=O) groups is 2. The maximum atomic E-state index is 13.7. The Hall–Kier alpha value is -1.62. The van der Waals surface area contributed by atoms with Crippen molar-refractivity contribution in [1.82, 2.24) is 10.3 Å². The van der Waals surface area contributed by atoms with E-state index in [0.29, 0.717) is 0 Å². The normalized spacial score (nSPS) is 13.5.